The van der Waals surface area contributed by atoms with Gasteiger partial charge in [-0.2, -0.15) is 8.78 Å². The molecule has 124 valence electrons. The molecule has 1 rings (SSSR count). The Morgan fingerprint density at radius 2 is 2.05 bits per heavy atom. The second kappa shape index (κ2) is 8.53. The minimum absolute atomic E-state index is 0.00599. The van der Waals surface area contributed by atoms with Crippen molar-refractivity contribution in [3.8, 4) is 11.5 Å². The molecule has 0 aliphatic carbocycles. The summed E-state index contributed by atoms with van der Waals surface area (Å²) >= 11 is 0. The Labute approximate surface area is 128 Å². The largest absolute Gasteiger partial charge is 0.497 e. The van der Waals surface area contributed by atoms with Crippen LogP contribution in [0.2, 0.25) is 0 Å². The Hall–Kier alpha value is -1.89. The van der Waals surface area contributed by atoms with E-state index < -0.39 is 12.7 Å². The summed E-state index contributed by atoms with van der Waals surface area (Å²) in [5, 5.41) is 2.62. The number of nitrogens with one attached hydrogen (secondary N) is 1. The van der Waals surface area contributed by atoms with Crippen molar-refractivity contribution in [1.82, 2.24) is 5.32 Å². The minimum Gasteiger partial charge on any atom is -0.497 e. The van der Waals surface area contributed by atoms with Crippen molar-refractivity contribution in [1.29, 1.82) is 0 Å². The number of carbonyl (C=O) groups excluding carboxylic acids is 1. The second-order valence-corrected chi connectivity index (χ2v) is 5.31. The number of amides is 1. The summed E-state index contributed by atoms with van der Waals surface area (Å²) in [6.07, 6.45) is 0.546. The van der Waals surface area contributed by atoms with Gasteiger partial charge in [-0.1, -0.05) is 13.8 Å². The van der Waals surface area contributed by atoms with Gasteiger partial charge in [-0.15, -0.1) is 0 Å². The zero-order chi connectivity index (χ0) is 16.7. The summed E-state index contributed by atoms with van der Waals surface area (Å²) in [5.41, 5.74) is 6.16. The maximum Gasteiger partial charge on any atom is 0.387 e. The van der Waals surface area contributed by atoms with E-state index in [9.17, 15) is 13.6 Å². The summed E-state index contributed by atoms with van der Waals surface area (Å²) in [5.74, 6) is 0.431. The number of hydrogen-bond acceptors (Lipinski definition) is 4. The SMILES string of the molecule is COc1ccc(OC(F)F)c(CNC(=O)[C@@H](N)CC(C)C)c1. The van der Waals surface area contributed by atoms with Gasteiger partial charge in [0.15, 0.2) is 0 Å². The zero-order valence-corrected chi connectivity index (χ0v) is 12.9. The lowest BCUT2D eigenvalue weighted by molar-refractivity contribution is -0.122. The van der Waals surface area contributed by atoms with Crippen LogP contribution in [0.15, 0.2) is 18.2 Å². The highest BCUT2D eigenvalue weighted by Gasteiger charge is 2.16. The van der Waals surface area contributed by atoms with Gasteiger partial charge in [0.2, 0.25) is 5.91 Å². The Balaban J connectivity index is 2.75. The molecule has 0 radical (unpaired) electrons. The number of carbonyl (C=O) groups is 1. The lowest BCUT2D eigenvalue weighted by Gasteiger charge is -2.16. The van der Waals surface area contributed by atoms with E-state index in [0.29, 0.717) is 17.7 Å². The number of rotatable bonds is 8. The standard InChI is InChI=1S/C15H22F2N2O3/c1-9(2)6-12(18)14(20)19-8-10-7-11(21-3)4-5-13(10)22-15(16)17/h4-5,7,9,12,15H,6,8,18H2,1-3H3,(H,19,20)/t12-/m0/s1. The van der Waals surface area contributed by atoms with E-state index in [4.69, 9.17) is 10.5 Å². The highest BCUT2D eigenvalue weighted by Crippen LogP contribution is 2.25. The van der Waals surface area contributed by atoms with Crippen LogP contribution in [0, 0.1) is 5.92 Å². The molecule has 0 fully saturated rings. The number of halogens is 2. The predicted molar refractivity (Wildman–Crippen MR) is 78.9 cm³/mol. The maximum absolute atomic E-state index is 12.4. The first-order valence-electron chi connectivity index (χ1n) is 6.98. The van der Waals surface area contributed by atoms with Crippen LogP contribution in [0.3, 0.4) is 0 Å². The number of nitrogens with two attached hydrogens (primary N) is 1. The van der Waals surface area contributed by atoms with Crippen molar-refractivity contribution in [2.24, 2.45) is 11.7 Å². The zero-order valence-electron chi connectivity index (χ0n) is 12.9. The van der Waals surface area contributed by atoms with Crippen LogP contribution >= 0.6 is 0 Å². The van der Waals surface area contributed by atoms with Crippen molar-refractivity contribution < 1.29 is 23.0 Å². The first-order valence-corrected chi connectivity index (χ1v) is 6.98. The van der Waals surface area contributed by atoms with Crippen LogP contribution < -0.4 is 20.5 Å². The van der Waals surface area contributed by atoms with Gasteiger partial charge in [-0.25, -0.2) is 0 Å². The smallest absolute Gasteiger partial charge is 0.387 e. The monoisotopic (exact) mass is 316 g/mol. The summed E-state index contributed by atoms with van der Waals surface area (Å²) in [7, 11) is 1.46. The summed E-state index contributed by atoms with van der Waals surface area (Å²) in [6, 6.07) is 3.78. The minimum atomic E-state index is -2.94. The normalized spacial score (nSPS) is 12.4. The molecule has 0 spiro atoms. The van der Waals surface area contributed by atoms with Gasteiger partial charge in [0.25, 0.3) is 0 Å². The Morgan fingerprint density at radius 1 is 1.36 bits per heavy atom. The molecule has 1 amide bonds. The molecule has 0 saturated carbocycles. The van der Waals surface area contributed by atoms with E-state index >= 15 is 0 Å². The molecule has 7 heteroatoms. The molecular formula is C15H22F2N2O3. The van der Waals surface area contributed by atoms with Gasteiger partial charge in [0, 0.05) is 12.1 Å². The maximum atomic E-state index is 12.4. The van der Waals surface area contributed by atoms with E-state index in [1.165, 1.54) is 25.3 Å². The van der Waals surface area contributed by atoms with Gasteiger partial charge >= 0.3 is 6.61 Å². The predicted octanol–water partition coefficient (Wildman–Crippen LogP) is 2.29. The molecule has 1 atom stereocenters. The Bertz CT molecular complexity index is 496. The summed E-state index contributed by atoms with van der Waals surface area (Å²) < 4.78 is 34.3. The van der Waals surface area contributed by atoms with Crippen LogP contribution in [0.1, 0.15) is 25.8 Å². The quantitative estimate of drug-likeness (QED) is 0.772. The molecule has 3 N–H and O–H groups in total. The van der Waals surface area contributed by atoms with Crippen molar-refractivity contribution >= 4 is 5.91 Å². The van der Waals surface area contributed by atoms with E-state index in [2.05, 4.69) is 10.1 Å². The van der Waals surface area contributed by atoms with Gasteiger partial charge in [-0.05, 0) is 30.5 Å². The van der Waals surface area contributed by atoms with Gasteiger partial charge in [0.05, 0.1) is 13.2 Å². The first kappa shape index (κ1) is 18.2. The second-order valence-electron chi connectivity index (χ2n) is 5.31. The Kier molecular flexibility index (Phi) is 7.04. The summed E-state index contributed by atoms with van der Waals surface area (Å²) in [4.78, 5) is 11.9. The van der Waals surface area contributed by atoms with Crippen LogP contribution in [-0.2, 0) is 11.3 Å². The molecule has 0 aromatic heterocycles. The number of benzene rings is 1. The molecular weight excluding hydrogens is 294 g/mol. The van der Waals surface area contributed by atoms with E-state index in [1.807, 2.05) is 13.8 Å². The fourth-order valence-corrected chi connectivity index (χ4v) is 1.96. The molecule has 22 heavy (non-hydrogen) atoms. The van der Waals surface area contributed by atoms with Crippen LogP contribution in [0.4, 0.5) is 8.78 Å². The number of alkyl halides is 2. The van der Waals surface area contributed by atoms with Gasteiger partial charge in [0.1, 0.15) is 11.5 Å². The number of ether oxygens (including phenoxy) is 2. The average Bonchev–Trinajstić information content (AvgIpc) is 2.44. The molecule has 5 nitrogen and oxygen atoms in total. The van der Waals surface area contributed by atoms with E-state index in [0.717, 1.165) is 0 Å². The van der Waals surface area contributed by atoms with Crippen LogP contribution in [0.25, 0.3) is 0 Å². The highest BCUT2D eigenvalue weighted by molar-refractivity contribution is 5.81. The molecule has 0 bridgehead atoms. The van der Waals surface area contributed by atoms with E-state index in [1.54, 1.807) is 0 Å². The number of methoxy groups -OCH3 is 1. The van der Waals surface area contributed by atoms with Crippen molar-refractivity contribution in [3.05, 3.63) is 23.8 Å². The molecule has 1 aromatic carbocycles. The van der Waals surface area contributed by atoms with Crippen molar-refractivity contribution in [3.63, 3.8) is 0 Å². The Morgan fingerprint density at radius 3 is 2.59 bits per heavy atom. The molecule has 0 aliphatic rings. The topological polar surface area (TPSA) is 73.6 Å². The highest BCUT2D eigenvalue weighted by atomic mass is 19.3. The fraction of sp³-hybridized carbons (Fsp3) is 0.533. The molecule has 0 saturated heterocycles. The molecule has 0 aliphatic heterocycles. The number of hydrogen-bond donors (Lipinski definition) is 2. The molecule has 1 aromatic rings. The van der Waals surface area contributed by atoms with E-state index in [-0.39, 0.29) is 24.1 Å². The third-order valence-corrected chi connectivity index (χ3v) is 3.00. The van der Waals surface area contributed by atoms with Crippen LogP contribution in [-0.4, -0.2) is 25.7 Å². The third-order valence-electron chi connectivity index (χ3n) is 3.00. The molecule has 0 unspecified atom stereocenters. The lowest BCUT2D eigenvalue weighted by Crippen LogP contribution is -2.41. The third kappa shape index (κ3) is 5.85. The van der Waals surface area contributed by atoms with Crippen molar-refractivity contribution in [2.45, 2.75) is 39.5 Å². The van der Waals surface area contributed by atoms with Crippen molar-refractivity contribution in [2.75, 3.05) is 7.11 Å². The van der Waals surface area contributed by atoms with Gasteiger partial charge < -0.3 is 20.5 Å². The summed E-state index contributed by atoms with van der Waals surface area (Å²) in [6.45, 7) is 1.02. The molecule has 0 heterocycles. The first-order chi connectivity index (χ1) is 10.3. The van der Waals surface area contributed by atoms with Crippen LogP contribution in [0.5, 0.6) is 11.5 Å². The fourth-order valence-electron chi connectivity index (χ4n) is 1.96. The lowest BCUT2D eigenvalue weighted by atomic mass is 10.0. The van der Waals surface area contributed by atoms with Gasteiger partial charge in [-0.3, -0.25) is 4.79 Å². The average molecular weight is 316 g/mol.